The van der Waals surface area contributed by atoms with Gasteiger partial charge in [-0.05, 0) is 52.8 Å². The molecule has 0 radical (unpaired) electrons. The summed E-state index contributed by atoms with van der Waals surface area (Å²) in [6, 6.07) is 23.4. The van der Waals surface area contributed by atoms with Crippen LogP contribution in [-0.2, 0) is 0 Å². The van der Waals surface area contributed by atoms with Crippen molar-refractivity contribution in [2.45, 2.75) is 21.6 Å². The van der Waals surface area contributed by atoms with Crippen LogP contribution in [0.1, 0.15) is 11.1 Å². The van der Waals surface area contributed by atoms with Crippen LogP contribution < -0.4 is 11.1 Å². The lowest BCUT2D eigenvalue weighted by atomic mass is 9.74. The summed E-state index contributed by atoms with van der Waals surface area (Å²) in [5.74, 6) is 1.36. The normalized spacial score (nSPS) is 26.7. The Hall–Kier alpha value is -4.23. The van der Waals surface area contributed by atoms with Crippen molar-refractivity contribution in [3.63, 3.8) is 0 Å². The zero-order valence-corrected chi connectivity index (χ0v) is 27.0. The molecular formula is C40H33N3OS2. The summed E-state index contributed by atoms with van der Waals surface area (Å²) in [5, 5.41) is 6.32. The fourth-order valence-corrected chi connectivity index (χ4v) is 9.58. The third kappa shape index (κ3) is 4.46. The number of amidine groups is 1. The topological polar surface area (TPSA) is 63.5 Å². The molecule has 46 heavy (non-hydrogen) atoms. The van der Waals surface area contributed by atoms with E-state index in [4.69, 9.17) is 15.1 Å². The maximum absolute atomic E-state index is 6.59. The quantitative estimate of drug-likeness (QED) is 0.215. The molecule has 0 saturated heterocycles. The van der Waals surface area contributed by atoms with Crippen molar-refractivity contribution in [3.05, 3.63) is 155 Å². The molecule has 0 amide bonds. The minimum Gasteiger partial charge on any atom is -0.455 e. The van der Waals surface area contributed by atoms with E-state index < -0.39 is 0 Å². The molecule has 9 rings (SSSR count). The molecule has 3 aliphatic carbocycles. The first-order valence-corrected chi connectivity index (χ1v) is 18.0. The van der Waals surface area contributed by atoms with Crippen LogP contribution >= 0.6 is 23.5 Å². The van der Waals surface area contributed by atoms with Crippen LogP contribution in [0.4, 0.5) is 0 Å². The van der Waals surface area contributed by atoms with Crippen LogP contribution in [0.3, 0.4) is 0 Å². The number of nitrogens with zero attached hydrogens (tertiary/aromatic N) is 1. The molecule has 6 unspecified atom stereocenters. The molecule has 0 saturated carbocycles. The summed E-state index contributed by atoms with van der Waals surface area (Å²) in [6.07, 6.45) is 24.8. The number of allylic oxidation sites excluding steroid dienone is 8. The van der Waals surface area contributed by atoms with Crippen LogP contribution in [0, 0.1) is 17.8 Å². The first kappa shape index (κ1) is 28.0. The van der Waals surface area contributed by atoms with Gasteiger partial charge in [-0.1, -0.05) is 103 Å². The molecule has 4 nitrogen and oxygen atoms in total. The highest BCUT2D eigenvalue weighted by atomic mass is 32.2. The highest BCUT2D eigenvalue weighted by Gasteiger charge is 2.40. The standard InChI is InChI=1S/C40H33N3OS2/c1-45-39(41)30-21-20-25(23-10-2-3-11-24(23)30)33-22-34(31-16-9-15-29-27-13-5-7-19-36(27)46-38(29)31)43-40(42-33)32-17-8-14-28-26-12-4-6-18-35(26)44-37(28)32/h2-23,25,31,34,38-39H,41H2,1H3,(H,42,43). The zero-order chi connectivity index (χ0) is 30.8. The van der Waals surface area contributed by atoms with Gasteiger partial charge < -0.3 is 15.5 Å². The number of rotatable bonds is 5. The second kappa shape index (κ2) is 11.2. The second-order valence-electron chi connectivity index (χ2n) is 12.3. The third-order valence-corrected chi connectivity index (χ3v) is 12.0. The van der Waals surface area contributed by atoms with Gasteiger partial charge in [0.2, 0.25) is 0 Å². The Labute approximate surface area is 277 Å². The van der Waals surface area contributed by atoms with Crippen LogP contribution in [0.15, 0.2) is 159 Å². The molecule has 1 aromatic heterocycles. The van der Waals surface area contributed by atoms with Gasteiger partial charge in [0.25, 0.3) is 0 Å². The van der Waals surface area contributed by atoms with Gasteiger partial charge in [-0.2, -0.15) is 0 Å². The molecule has 5 aliphatic rings. The molecule has 2 aliphatic heterocycles. The minimum atomic E-state index is -0.0617. The number of nitrogens with one attached hydrogen (secondary N) is 1. The first-order chi connectivity index (χ1) is 22.7. The fourth-order valence-electron chi connectivity index (χ4n) is 7.62. The van der Waals surface area contributed by atoms with Crippen LogP contribution in [0.25, 0.3) is 27.5 Å². The van der Waals surface area contributed by atoms with Crippen molar-refractivity contribution in [1.82, 2.24) is 5.32 Å². The third-order valence-electron chi connectivity index (χ3n) is 9.85. The molecule has 0 fully saturated rings. The summed E-state index contributed by atoms with van der Waals surface area (Å²) in [5.41, 5.74) is 15.7. The van der Waals surface area contributed by atoms with E-state index in [0.29, 0.717) is 5.25 Å². The molecule has 0 bridgehead atoms. The molecule has 6 atom stereocenters. The number of hydrogen-bond acceptors (Lipinski definition) is 6. The van der Waals surface area contributed by atoms with Gasteiger partial charge >= 0.3 is 0 Å². The van der Waals surface area contributed by atoms with Gasteiger partial charge in [0, 0.05) is 44.4 Å². The number of aliphatic imine (C=N–C) groups is 1. The van der Waals surface area contributed by atoms with E-state index in [1.807, 2.05) is 23.9 Å². The Morgan fingerprint density at radius 3 is 2.65 bits per heavy atom. The Balaban J connectivity index is 1.17. The van der Waals surface area contributed by atoms with E-state index >= 15 is 0 Å². The van der Waals surface area contributed by atoms with Crippen molar-refractivity contribution < 1.29 is 4.42 Å². The number of furan rings is 1. The largest absolute Gasteiger partial charge is 0.455 e. The summed E-state index contributed by atoms with van der Waals surface area (Å²) in [4.78, 5) is 6.86. The lowest BCUT2D eigenvalue weighted by Crippen LogP contribution is -2.40. The molecule has 6 heteroatoms. The highest BCUT2D eigenvalue weighted by molar-refractivity contribution is 8.01. The SMILES string of the molecule is CSC(N)C1=C2C=CC=CC2C(C2=CC(C3C=CC=C4c5ccccc5SC43)N=C(c3cccc4c3oc3ccccc34)N2)C=C1. The molecule has 3 aromatic carbocycles. The molecule has 3 N–H and O–H groups in total. The molecule has 226 valence electrons. The first-order valence-electron chi connectivity index (χ1n) is 15.8. The van der Waals surface area contributed by atoms with Gasteiger partial charge in [0.1, 0.15) is 17.0 Å². The lowest BCUT2D eigenvalue weighted by Gasteiger charge is -2.37. The Morgan fingerprint density at radius 1 is 0.870 bits per heavy atom. The van der Waals surface area contributed by atoms with E-state index in [2.05, 4.69) is 127 Å². The predicted molar refractivity (Wildman–Crippen MR) is 195 cm³/mol. The number of hydrogen-bond donors (Lipinski definition) is 2. The summed E-state index contributed by atoms with van der Waals surface area (Å²) < 4.78 is 6.52. The van der Waals surface area contributed by atoms with E-state index in [-0.39, 0.29) is 29.2 Å². The molecule has 3 heterocycles. The maximum Gasteiger partial charge on any atom is 0.146 e. The average molecular weight is 636 g/mol. The van der Waals surface area contributed by atoms with Crippen LogP contribution in [0.2, 0.25) is 0 Å². The Kier molecular flexibility index (Phi) is 6.84. The summed E-state index contributed by atoms with van der Waals surface area (Å²) in [7, 11) is 0. The van der Waals surface area contributed by atoms with E-state index in [1.54, 1.807) is 11.8 Å². The van der Waals surface area contributed by atoms with Crippen LogP contribution in [0.5, 0.6) is 0 Å². The Bertz CT molecular complexity index is 2160. The number of fused-ring (bicyclic) bond motifs is 7. The number of nitrogens with two attached hydrogens (primary N) is 1. The van der Waals surface area contributed by atoms with Gasteiger partial charge in [0.05, 0.1) is 17.0 Å². The number of para-hydroxylation sites is 2. The second-order valence-corrected chi connectivity index (χ2v) is 14.5. The summed E-state index contributed by atoms with van der Waals surface area (Å²) >= 11 is 3.65. The molecular weight excluding hydrogens is 603 g/mol. The van der Waals surface area contributed by atoms with Crippen molar-refractivity contribution in [2.75, 3.05) is 6.26 Å². The van der Waals surface area contributed by atoms with Gasteiger partial charge in [-0.25, -0.2) is 0 Å². The predicted octanol–water partition coefficient (Wildman–Crippen LogP) is 8.80. The van der Waals surface area contributed by atoms with Crippen molar-refractivity contribution >= 4 is 56.9 Å². The highest BCUT2D eigenvalue weighted by Crippen LogP contribution is 2.51. The van der Waals surface area contributed by atoms with E-state index in [9.17, 15) is 0 Å². The fraction of sp³-hybridized carbons (Fsp3) is 0.175. The number of benzene rings is 3. The average Bonchev–Trinajstić information content (AvgIpc) is 3.69. The van der Waals surface area contributed by atoms with Gasteiger partial charge in [0.15, 0.2) is 0 Å². The van der Waals surface area contributed by atoms with E-state index in [0.717, 1.165) is 33.3 Å². The van der Waals surface area contributed by atoms with Gasteiger partial charge in [-0.3, -0.25) is 4.99 Å². The van der Waals surface area contributed by atoms with Crippen molar-refractivity contribution in [2.24, 2.45) is 28.5 Å². The van der Waals surface area contributed by atoms with Crippen LogP contribution in [-0.4, -0.2) is 28.8 Å². The monoisotopic (exact) mass is 635 g/mol. The maximum atomic E-state index is 6.59. The smallest absolute Gasteiger partial charge is 0.146 e. The van der Waals surface area contributed by atoms with E-state index in [1.165, 1.54) is 32.9 Å². The minimum absolute atomic E-state index is 0.0589. The molecule has 4 aromatic rings. The summed E-state index contributed by atoms with van der Waals surface area (Å²) in [6.45, 7) is 0. The van der Waals surface area contributed by atoms with Gasteiger partial charge in [-0.15, -0.1) is 23.5 Å². The number of thioether (sulfide) groups is 2. The Morgan fingerprint density at radius 2 is 1.72 bits per heavy atom. The zero-order valence-electron chi connectivity index (χ0n) is 25.3. The van der Waals surface area contributed by atoms with Crippen molar-refractivity contribution in [3.8, 4) is 0 Å². The lowest BCUT2D eigenvalue weighted by molar-refractivity contribution is 0.540. The van der Waals surface area contributed by atoms with Crippen molar-refractivity contribution in [1.29, 1.82) is 0 Å². The molecule has 0 spiro atoms.